The molecule has 0 aliphatic rings. The standard InChI is InChI=1S/C14H14F3NO2/c1-10(19)9-13(20)18(2)8-7-11-3-5-12(6-4-11)14(15,16)17/h3-8H,9H2,1-2H3/b8-7+. The van der Waals surface area contributed by atoms with Crippen LogP contribution >= 0.6 is 0 Å². The predicted molar refractivity (Wildman–Crippen MR) is 68.5 cm³/mol. The fourth-order valence-corrected chi connectivity index (χ4v) is 1.40. The fourth-order valence-electron chi connectivity index (χ4n) is 1.40. The topological polar surface area (TPSA) is 37.4 Å². The van der Waals surface area contributed by atoms with Gasteiger partial charge in [0.1, 0.15) is 5.78 Å². The maximum absolute atomic E-state index is 12.4. The van der Waals surface area contributed by atoms with Crippen LogP contribution in [0.4, 0.5) is 13.2 Å². The minimum atomic E-state index is -4.36. The van der Waals surface area contributed by atoms with Gasteiger partial charge in [-0.1, -0.05) is 12.1 Å². The third-order valence-electron chi connectivity index (χ3n) is 2.52. The predicted octanol–water partition coefficient (Wildman–Crippen LogP) is 3.11. The lowest BCUT2D eigenvalue weighted by Crippen LogP contribution is -2.22. The molecule has 0 N–H and O–H groups in total. The van der Waals surface area contributed by atoms with Crippen molar-refractivity contribution < 1.29 is 22.8 Å². The van der Waals surface area contributed by atoms with E-state index in [1.54, 1.807) is 0 Å². The van der Waals surface area contributed by atoms with Gasteiger partial charge in [0.05, 0.1) is 12.0 Å². The van der Waals surface area contributed by atoms with E-state index in [0.717, 1.165) is 12.1 Å². The van der Waals surface area contributed by atoms with Crippen LogP contribution in [0.15, 0.2) is 30.5 Å². The summed E-state index contributed by atoms with van der Waals surface area (Å²) in [7, 11) is 1.48. The first kappa shape index (κ1) is 15.9. The molecule has 108 valence electrons. The Labute approximate surface area is 114 Å². The number of hydrogen-bond acceptors (Lipinski definition) is 2. The van der Waals surface area contributed by atoms with Crippen LogP contribution in [0.1, 0.15) is 24.5 Å². The van der Waals surface area contributed by atoms with Gasteiger partial charge in [0.25, 0.3) is 0 Å². The second-order valence-corrected chi connectivity index (χ2v) is 4.32. The zero-order chi connectivity index (χ0) is 15.3. The number of ketones is 1. The molecule has 1 aromatic rings. The molecule has 1 amide bonds. The summed E-state index contributed by atoms with van der Waals surface area (Å²) in [6, 6.07) is 4.55. The van der Waals surface area contributed by atoms with Crippen LogP contribution in [0.3, 0.4) is 0 Å². The Bertz CT molecular complexity index is 518. The Kier molecular flexibility index (Phi) is 5.07. The quantitative estimate of drug-likeness (QED) is 0.797. The van der Waals surface area contributed by atoms with Crippen molar-refractivity contribution in [3.05, 3.63) is 41.6 Å². The molecule has 0 aromatic heterocycles. The molecule has 1 rings (SSSR count). The average Bonchev–Trinajstić information content (AvgIpc) is 2.34. The van der Waals surface area contributed by atoms with Crippen LogP contribution in [0.2, 0.25) is 0 Å². The first-order valence-corrected chi connectivity index (χ1v) is 5.80. The molecule has 0 saturated carbocycles. The Balaban J connectivity index is 2.71. The summed E-state index contributed by atoms with van der Waals surface area (Å²) in [6.07, 6.45) is -1.66. The maximum atomic E-state index is 12.4. The maximum Gasteiger partial charge on any atom is 0.416 e. The van der Waals surface area contributed by atoms with Crippen molar-refractivity contribution in [2.24, 2.45) is 0 Å². The lowest BCUT2D eigenvalue weighted by atomic mass is 10.1. The third kappa shape index (κ3) is 4.87. The van der Waals surface area contributed by atoms with Gasteiger partial charge >= 0.3 is 6.18 Å². The van der Waals surface area contributed by atoms with Gasteiger partial charge in [-0.2, -0.15) is 13.2 Å². The van der Waals surface area contributed by atoms with E-state index in [2.05, 4.69) is 0 Å². The van der Waals surface area contributed by atoms with Gasteiger partial charge < -0.3 is 4.90 Å². The molecule has 0 aliphatic carbocycles. The summed E-state index contributed by atoms with van der Waals surface area (Å²) in [6.45, 7) is 1.31. The molecule has 0 atom stereocenters. The number of benzene rings is 1. The average molecular weight is 285 g/mol. The number of carbonyl (C=O) groups is 2. The van der Waals surface area contributed by atoms with E-state index in [-0.39, 0.29) is 18.1 Å². The highest BCUT2D eigenvalue weighted by Gasteiger charge is 2.29. The zero-order valence-corrected chi connectivity index (χ0v) is 11.1. The van der Waals surface area contributed by atoms with Crippen molar-refractivity contribution in [1.29, 1.82) is 0 Å². The molecular formula is C14H14F3NO2. The fraction of sp³-hybridized carbons (Fsp3) is 0.286. The number of hydrogen-bond donors (Lipinski definition) is 0. The zero-order valence-electron chi connectivity index (χ0n) is 11.1. The van der Waals surface area contributed by atoms with Crippen LogP contribution in [-0.2, 0) is 15.8 Å². The lowest BCUT2D eigenvalue weighted by Gasteiger charge is -2.10. The van der Waals surface area contributed by atoms with Crippen LogP contribution in [0.5, 0.6) is 0 Å². The monoisotopic (exact) mass is 285 g/mol. The van der Waals surface area contributed by atoms with Gasteiger partial charge in [0.15, 0.2) is 0 Å². The number of alkyl halides is 3. The first-order valence-electron chi connectivity index (χ1n) is 5.80. The van der Waals surface area contributed by atoms with E-state index >= 15 is 0 Å². The number of nitrogens with zero attached hydrogens (tertiary/aromatic N) is 1. The molecule has 0 unspecified atom stereocenters. The summed E-state index contributed by atoms with van der Waals surface area (Å²) in [4.78, 5) is 23.5. The summed E-state index contributed by atoms with van der Waals surface area (Å²) in [5.41, 5.74) is -0.198. The number of amides is 1. The Morgan fingerprint density at radius 3 is 2.20 bits per heavy atom. The number of carbonyl (C=O) groups excluding carboxylic acids is 2. The molecular weight excluding hydrogens is 271 g/mol. The summed E-state index contributed by atoms with van der Waals surface area (Å²) < 4.78 is 37.1. The normalized spacial score (nSPS) is 11.7. The second kappa shape index (κ2) is 6.36. The highest BCUT2D eigenvalue weighted by Crippen LogP contribution is 2.29. The van der Waals surface area contributed by atoms with Gasteiger partial charge in [0.2, 0.25) is 5.91 Å². The number of halogens is 3. The van der Waals surface area contributed by atoms with Crippen molar-refractivity contribution in [1.82, 2.24) is 4.90 Å². The van der Waals surface area contributed by atoms with E-state index in [9.17, 15) is 22.8 Å². The third-order valence-corrected chi connectivity index (χ3v) is 2.52. The number of rotatable bonds is 4. The molecule has 0 bridgehead atoms. The van der Waals surface area contributed by atoms with Crippen LogP contribution < -0.4 is 0 Å². The molecule has 0 saturated heterocycles. The highest BCUT2D eigenvalue weighted by molar-refractivity contribution is 5.97. The van der Waals surface area contributed by atoms with Gasteiger partial charge in [-0.3, -0.25) is 9.59 Å². The van der Waals surface area contributed by atoms with Gasteiger partial charge in [-0.05, 0) is 30.7 Å². The Hall–Kier alpha value is -2.11. The Morgan fingerprint density at radius 2 is 1.75 bits per heavy atom. The van der Waals surface area contributed by atoms with E-state index in [4.69, 9.17) is 0 Å². The van der Waals surface area contributed by atoms with Crippen LogP contribution in [0.25, 0.3) is 6.08 Å². The summed E-state index contributed by atoms with van der Waals surface area (Å²) in [5, 5.41) is 0. The molecule has 0 fully saturated rings. The molecule has 3 nitrogen and oxygen atoms in total. The van der Waals surface area contributed by atoms with Gasteiger partial charge in [-0.15, -0.1) is 0 Å². The van der Waals surface area contributed by atoms with Crippen molar-refractivity contribution in [2.75, 3.05) is 7.05 Å². The first-order chi connectivity index (χ1) is 9.20. The SMILES string of the molecule is CC(=O)CC(=O)N(C)/C=C/c1ccc(C(F)(F)F)cc1. The largest absolute Gasteiger partial charge is 0.416 e. The molecule has 0 heterocycles. The minimum Gasteiger partial charge on any atom is -0.322 e. The van der Waals surface area contributed by atoms with E-state index in [1.165, 1.54) is 43.3 Å². The van der Waals surface area contributed by atoms with Crippen LogP contribution in [0, 0.1) is 0 Å². The molecule has 1 aromatic carbocycles. The highest BCUT2D eigenvalue weighted by atomic mass is 19.4. The minimum absolute atomic E-state index is 0.201. The smallest absolute Gasteiger partial charge is 0.322 e. The molecule has 6 heteroatoms. The molecule has 20 heavy (non-hydrogen) atoms. The summed E-state index contributed by atoms with van der Waals surface area (Å²) in [5.74, 6) is -0.620. The lowest BCUT2D eigenvalue weighted by molar-refractivity contribution is -0.137. The number of Topliss-reactive ketones (excluding diaryl/α,β-unsaturated/α-hetero) is 1. The summed E-state index contributed by atoms with van der Waals surface area (Å²) >= 11 is 0. The van der Waals surface area contributed by atoms with Crippen molar-refractivity contribution in [2.45, 2.75) is 19.5 Å². The van der Waals surface area contributed by atoms with Gasteiger partial charge in [0, 0.05) is 13.2 Å². The molecule has 0 spiro atoms. The van der Waals surface area contributed by atoms with Crippen molar-refractivity contribution in [3.63, 3.8) is 0 Å². The Morgan fingerprint density at radius 1 is 1.20 bits per heavy atom. The van der Waals surface area contributed by atoms with E-state index < -0.39 is 11.7 Å². The van der Waals surface area contributed by atoms with Crippen molar-refractivity contribution >= 4 is 17.8 Å². The molecule has 0 aliphatic heterocycles. The second-order valence-electron chi connectivity index (χ2n) is 4.32. The van der Waals surface area contributed by atoms with E-state index in [1.807, 2.05) is 0 Å². The van der Waals surface area contributed by atoms with Crippen molar-refractivity contribution in [3.8, 4) is 0 Å². The molecule has 0 radical (unpaired) electrons. The van der Waals surface area contributed by atoms with Gasteiger partial charge in [-0.25, -0.2) is 0 Å². The van der Waals surface area contributed by atoms with E-state index in [0.29, 0.717) is 5.56 Å². The van der Waals surface area contributed by atoms with Crippen LogP contribution in [-0.4, -0.2) is 23.6 Å².